The van der Waals surface area contributed by atoms with E-state index in [1.807, 2.05) is 0 Å². The number of sulfone groups is 1. The maximum atomic E-state index is 12.3. The Morgan fingerprint density at radius 2 is 1.96 bits per heavy atom. The summed E-state index contributed by atoms with van der Waals surface area (Å²) in [6, 6.07) is 0.262. The molecule has 1 rings (SSSR count). The van der Waals surface area contributed by atoms with Crippen LogP contribution >= 0.6 is 0 Å². The van der Waals surface area contributed by atoms with Crippen LogP contribution in [-0.4, -0.2) is 55.8 Å². The third kappa shape index (κ3) is 6.76. The van der Waals surface area contributed by atoms with Crippen molar-refractivity contribution in [3.8, 4) is 0 Å². The highest BCUT2D eigenvalue weighted by molar-refractivity contribution is 7.91. The molecule has 0 spiro atoms. The van der Waals surface area contributed by atoms with Gasteiger partial charge in [0.05, 0.1) is 5.75 Å². The molecular weight excluding hydrogens is 318 g/mol. The number of oxime groups is 1. The summed E-state index contributed by atoms with van der Waals surface area (Å²) < 4.78 is 22.8. The summed E-state index contributed by atoms with van der Waals surface area (Å²) in [6.07, 6.45) is 4.94. The minimum Gasteiger partial charge on any atom is -0.384 e. The molecule has 1 fully saturated rings. The topological polar surface area (TPSA) is 102 Å². The highest BCUT2D eigenvalue weighted by atomic mass is 32.2. The predicted octanol–water partition coefficient (Wildman–Crippen LogP) is 1.28. The van der Waals surface area contributed by atoms with E-state index in [-0.39, 0.29) is 35.7 Å². The Bertz CT molecular complexity index is 513. The summed E-state index contributed by atoms with van der Waals surface area (Å²) in [5.41, 5.74) is 5.64. The molecule has 1 saturated carbocycles. The summed E-state index contributed by atoms with van der Waals surface area (Å²) in [6.45, 7) is 3.21. The first-order valence-corrected chi connectivity index (χ1v) is 10.0. The fourth-order valence-corrected chi connectivity index (χ4v) is 3.39. The smallest absolute Gasteiger partial charge is 0.266 e. The van der Waals surface area contributed by atoms with Crippen molar-refractivity contribution in [2.24, 2.45) is 10.9 Å². The van der Waals surface area contributed by atoms with Gasteiger partial charge in [0.1, 0.15) is 15.7 Å². The van der Waals surface area contributed by atoms with Gasteiger partial charge in [-0.2, -0.15) is 0 Å². The Morgan fingerprint density at radius 3 is 2.52 bits per heavy atom. The van der Waals surface area contributed by atoms with E-state index < -0.39 is 15.9 Å². The Morgan fingerprint density at radius 1 is 1.35 bits per heavy atom. The van der Waals surface area contributed by atoms with E-state index in [1.165, 1.54) is 6.42 Å². The van der Waals surface area contributed by atoms with Gasteiger partial charge in [0, 0.05) is 25.3 Å². The van der Waals surface area contributed by atoms with Crippen molar-refractivity contribution in [1.29, 1.82) is 0 Å². The first-order chi connectivity index (χ1) is 10.8. The number of hydrogen-bond acceptors (Lipinski definition) is 5. The van der Waals surface area contributed by atoms with Gasteiger partial charge in [-0.15, -0.1) is 0 Å². The quantitative estimate of drug-likeness (QED) is 0.405. The van der Waals surface area contributed by atoms with Crippen LogP contribution in [0.5, 0.6) is 0 Å². The molecule has 2 N–H and O–H groups in total. The molecule has 7 nitrogen and oxygen atoms in total. The van der Waals surface area contributed by atoms with E-state index in [2.05, 4.69) is 5.16 Å². The predicted molar refractivity (Wildman–Crippen MR) is 90.8 cm³/mol. The van der Waals surface area contributed by atoms with Crippen molar-refractivity contribution in [1.82, 2.24) is 4.90 Å². The average Bonchev–Trinajstić information content (AvgIpc) is 2.57. The highest BCUT2D eigenvalue weighted by Gasteiger charge is 2.26. The van der Waals surface area contributed by atoms with Gasteiger partial charge in [0.25, 0.3) is 5.91 Å². The molecule has 1 aliphatic rings. The summed E-state index contributed by atoms with van der Waals surface area (Å²) >= 11 is 0. The third-order valence-corrected chi connectivity index (χ3v) is 5.96. The van der Waals surface area contributed by atoms with E-state index in [0.29, 0.717) is 0 Å². The van der Waals surface area contributed by atoms with Crippen LogP contribution in [0.1, 0.15) is 52.4 Å². The number of rotatable bonds is 8. The highest BCUT2D eigenvalue weighted by Crippen LogP contribution is 2.22. The van der Waals surface area contributed by atoms with E-state index in [1.54, 1.807) is 25.8 Å². The summed E-state index contributed by atoms with van der Waals surface area (Å²) in [5, 5.41) is 3.69. The lowest BCUT2D eigenvalue weighted by Gasteiger charge is -2.32. The minimum absolute atomic E-state index is 0.0630. The normalized spacial score (nSPS) is 18.5. The molecule has 0 saturated heterocycles. The number of likely N-dealkylation sites (N-methyl/N-ethyl adjacent to an activating group) is 1. The molecule has 1 atom stereocenters. The van der Waals surface area contributed by atoms with Crippen LogP contribution in [0.4, 0.5) is 0 Å². The SMILES string of the molecule is CCS(=O)(=O)CCC(N)=NOC(C)C(=O)N(C)C1CCCCC1. The lowest BCUT2D eigenvalue weighted by Crippen LogP contribution is -2.43. The maximum absolute atomic E-state index is 12.3. The molecule has 23 heavy (non-hydrogen) atoms. The molecule has 0 bridgehead atoms. The molecule has 1 unspecified atom stereocenters. The van der Waals surface area contributed by atoms with Gasteiger partial charge in [-0.1, -0.05) is 31.3 Å². The number of carbonyl (C=O) groups is 1. The van der Waals surface area contributed by atoms with Crippen LogP contribution in [-0.2, 0) is 19.5 Å². The largest absolute Gasteiger partial charge is 0.384 e. The molecule has 8 heteroatoms. The van der Waals surface area contributed by atoms with Crippen LogP contribution in [0, 0.1) is 0 Å². The summed E-state index contributed by atoms with van der Waals surface area (Å²) in [5.74, 6) is -0.0362. The maximum Gasteiger partial charge on any atom is 0.266 e. The molecular formula is C15H29N3O4S. The van der Waals surface area contributed by atoms with Gasteiger partial charge in [-0.05, 0) is 19.8 Å². The van der Waals surface area contributed by atoms with Crippen molar-refractivity contribution in [2.45, 2.75) is 64.5 Å². The second kappa shape index (κ2) is 9.10. The Kier molecular flexibility index (Phi) is 7.81. The summed E-state index contributed by atoms with van der Waals surface area (Å²) in [4.78, 5) is 19.2. The van der Waals surface area contributed by atoms with Crippen molar-refractivity contribution in [3.05, 3.63) is 0 Å². The van der Waals surface area contributed by atoms with Gasteiger partial charge in [0.2, 0.25) is 6.10 Å². The molecule has 0 aliphatic heterocycles. The first kappa shape index (κ1) is 19.7. The van der Waals surface area contributed by atoms with Gasteiger partial charge >= 0.3 is 0 Å². The molecule has 1 aliphatic carbocycles. The molecule has 0 radical (unpaired) electrons. The standard InChI is InChI=1S/C15H29N3O4S/c1-4-23(20,21)11-10-14(16)17-22-12(2)15(19)18(3)13-8-6-5-7-9-13/h12-13H,4-11H2,1-3H3,(H2,16,17). The monoisotopic (exact) mass is 347 g/mol. The first-order valence-electron chi connectivity index (χ1n) is 8.22. The Hall–Kier alpha value is -1.31. The number of nitrogens with two attached hydrogens (primary N) is 1. The van der Waals surface area contributed by atoms with Crippen molar-refractivity contribution >= 4 is 21.6 Å². The number of amides is 1. The van der Waals surface area contributed by atoms with Crippen molar-refractivity contribution in [3.63, 3.8) is 0 Å². The number of hydrogen-bond donors (Lipinski definition) is 1. The number of nitrogens with zero attached hydrogens (tertiary/aromatic N) is 2. The minimum atomic E-state index is -3.09. The van der Waals surface area contributed by atoms with Gasteiger partial charge < -0.3 is 15.5 Å². The van der Waals surface area contributed by atoms with Crippen LogP contribution in [0.3, 0.4) is 0 Å². The van der Waals surface area contributed by atoms with Crippen LogP contribution < -0.4 is 5.73 Å². The fourth-order valence-electron chi connectivity index (χ4n) is 2.58. The van der Waals surface area contributed by atoms with E-state index >= 15 is 0 Å². The van der Waals surface area contributed by atoms with Crippen molar-refractivity contribution in [2.75, 3.05) is 18.6 Å². The molecule has 134 valence electrons. The lowest BCUT2D eigenvalue weighted by atomic mass is 9.94. The zero-order chi connectivity index (χ0) is 17.5. The fraction of sp³-hybridized carbons (Fsp3) is 0.867. The molecule has 0 heterocycles. The van der Waals surface area contributed by atoms with Crippen LogP contribution in [0.2, 0.25) is 0 Å². The van der Waals surface area contributed by atoms with Crippen molar-refractivity contribution < 1.29 is 18.0 Å². The van der Waals surface area contributed by atoms with E-state index in [0.717, 1.165) is 25.7 Å². The average molecular weight is 347 g/mol. The number of amidine groups is 1. The Labute approximate surface area is 139 Å². The van der Waals surface area contributed by atoms with E-state index in [4.69, 9.17) is 10.6 Å². The van der Waals surface area contributed by atoms with E-state index in [9.17, 15) is 13.2 Å². The van der Waals surface area contributed by atoms with Crippen LogP contribution in [0.25, 0.3) is 0 Å². The zero-order valence-corrected chi connectivity index (χ0v) is 15.1. The number of carbonyl (C=O) groups excluding carboxylic acids is 1. The van der Waals surface area contributed by atoms with Gasteiger partial charge in [0.15, 0.2) is 0 Å². The second-order valence-electron chi connectivity index (χ2n) is 6.06. The van der Waals surface area contributed by atoms with Crippen LogP contribution in [0.15, 0.2) is 5.16 Å². The second-order valence-corrected chi connectivity index (χ2v) is 8.53. The third-order valence-electron chi connectivity index (χ3n) is 4.25. The molecule has 0 aromatic heterocycles. The molecule has 1 amide bonds. The summed E-state index contributed by atoms with van der Waals surface area (Å²) in [7, 11) is -1.30. The molecule has 0 aromatic carbocycles. The van der Waals surface area contributed by atoms with Gasteiger partial charge in [-0.25, -0.2) is 8.42 Å². The zero-order valence-electron chi connectivity index (χ0n) is 14.3. The Balaban J connectivity index is 2.45. The molecule has 0 aromatic rings. The van der Waals surface area contributed by atoms with Gasteiger partial charge in [-0.3, -0.25) is 4.79 Å². The lowest BCUT2D eigenvalue weighted by molar-refractivity contribution is -0.144.